The molecule has 0 aromatic carbocycles. The number of hydrogen-bond donors (Lipinski definition) is 0. The van der Waals surface area contributed by atoms with Gasteiger partial charge in [0.25, 0.3) is 0 Å². The van der Waals surface area contributed by atoms with E-state index in [1.54, 1.807) is 0 Å². The van der Waals surface area contributed by atoms with E-state index in [0.29, 0.717) is 19.3 Å². The first kappa shape index (κ1) is 76.1. The fourth-order valence-corrected chi connectivity index (χ4v) is 9.45. The Morgan fingerprint density at radius 3 is 0.762 bits per heavy atom. The van der Waals surface area contributed by atoms with Gasteiger partial charge in [0.15, 0.2) is 6.10 Å². The van der Waals surface area contributed by atoms with Crippen LogP contribution in [0.25, 0.3) is 0 Å². The van der Waals surface area contributed by atoms with Crippen LogP contribution in [0, 0.1) is 0 Å². The van der Waals surface area contributed by atoms with Gasteiger partial charge in [-0.2, -0.15) is 0 Å². The van der Waals surface area contributed by atoms with Crippen molar-refractivity contribution in [3.8, 4) is 0 Å². The molecular formula is C74H126O6. The van der Waals surface area contributed by atoms with Crippen molar-refractivity contribution >= 4 is 17.9 Å². The third-order valence-corrected chi connectivity index (χ3v) is 14.5. The maximum absolute atomic E-state index is 12.9. The summed E-state index contributed by atoms with van der Waals surface area (Å²) in [4.78, 5) is 38.3. The minimum absolute atomic E-state index is 0.0826. The second-order valence-corrected chi connectivity index (χ2v) is 22.4. The van der Waals surface area contributed by atoms with Gasteiger partial charge in [-0.1, -0.05) is 304 Å². The van der Waals surface area contributed by atoms with Gasteiger partial charge >= 0.3 is 17.9 Å². The molecule has 0 aliphatic rings. The molecule has 0 aliphatic heterocycles. The zero-order valence-electron chi connectivity index (χ0n) is 52.6. The largest absolute Gasteiger partial charge is 0.462 e. The first-order chi connectivity index (χ1) is 39.5. The number of rotatable bonds is 61. The van der Waals surface area contributed by atoms with E-state index < -0.39 is 6.10 Å². The highest BCUT2D eigenvalue weighted by atomic mass is 16.6. The zero-order valence-corrected chi connectivity index (χ0v) is 52.6. The van der Waals surface area contributed by atoms with Gasteiger partial charge in [-0.25, -0.2) is 0 Å². The molecule has 0 radical (unpaired) electrons. The number of unbranched alkanes of at least 4 members (excludes halogenated alkanes) is 32. The van der Waals surface area contributed by atoms with Crippen LogP contribution in [0.2, 0.25) is 0 Å². The van der Waals surface area contributed by atoms with Crippen molar-refractivity contribution in [3.63, 3.8) is 0 Å². The predicted molar refractivity (Wildman–Crippen MR) is 348 cm³/mol. The van der Waals surface area contributed by atoms with Gasteiger partial charge in [-0.05, 0) is 109 Å². The number of esters is 3. The molecule has 1 unspecified atom stereocenters. The molecular weight excluding hydrogens is 985 g/mol. The predicted octanol–water partition coefficient (Wildman–Crippen LogP) is 23.4. The molecule has 6 heteroatoms. The van der Waals surface area contributed by atoms with Crippen LogP contribution in [0.15, 0.2) is 109 Å². The van der Waals surface area contributed by atoms with Crippen LogP contribution in [0.1, 0.15) is 323 Å². The summed E-state index contributed by atoms with van der Waals surface area (Å²) in [6, 6.07) is 0. The third kappa shape index (κ3) is 64.9. The lowest BCUT2D eigenvalue weighted by Gasteiger charge is -2.18. The van der Waals surface area contributed by atoms with E-state index >= 15 is 0 Å². The van der Waals surface area contributed by atoms with Crippen molar-refractivity contribution in [2.75, 3.05) is 13.2 Å². The smallest absolute Gasteiger partial charge is 0.306 e. The third-order valence-electron chi connectivity index (χ3n) is 14.5. The Labute approximate surface area is 495 Å². The highest BCUT2D eigenvalue weighted by molar-refractivity contribution is 5.71. The van der Waals surface area contributed by atoms with Crippen LogP contribution in [0.3, 0.4) is 0 Å². The number of carbonyl (C=O) groups is 3. The molecule has 0 heterocycles. The summed E-state index contributed by atoms with van der Waals surface area (Å²) in [6.45, 7) is 6.51. The number of carbonyl (C=O) groups excluding carboxylic acids is 3. The molecule has 0 aromatic rings. The van der Waals surface area contributed by atoms with Gasteiger partial charge < -0.3 is 14.2 Å². The molecule has 0 aliphatic carbocycles. The zero-order chi connectivity index (χ0) is 57.8. The lowest BCUT2D eigenvalue weighted by atomic mass is 10.0. The van der Waals surface area contributed by atoms with E-state index in [1.165, 1.54) is 154 Å². The Balaban J connectivity index is 4.28. The minimum atomic E-state index is -0.787. The monoisotopic (exact) mass is 1110 g/mol. The Bertz CT molecular complexity index is 1610. The van der Waals surface area contributed by atoms with E-state index in [9.17, 15) is 14.4 Å². The van der Waals surface area contributed by atoms with Crippen LogP contribution in [0.5, 0.6) is 0 Å². The van der Waals surface area contributed by atoms with Gasteiger partial charge in [-0.3, -0.25) is 14.4 Å². The van der Waals surface area contributed by atoms with Crippen LogP contribution >= 0.6 is 0 Å². The van der Waals surface area contributed by atoms with E-state index in [2.05, 4.69) is 130 Å². The van der Waals surface area contributed by atoms with Crippen molar-refractivity contribution < 1.29 is 28.6 Å². The van der Waals surface area contributed by atoms with Crippen molar-refractivity contribution in [1.82, 2.24) is 0 Å². The highest BCUT2D eigenvalue weighted by Crippen LogP contribution is 2.16. The lowest BCUT2D eigenvalue weighted by molar-refractivity contribution is -0.167. The van der Waals surface area contributed by atoms with Gasteiger partial charge in [0, 0.05) is 19.3 Å². The summed E-state index contributed by atoms with van der Waals surface area (Å²) in [7, 11) is 0. The van der Waals surface area contributed by atoms with Crippen molar-refractivity contribution in [2.24, 2.45) is 0 Å². The quantitative estimate of drug-likeness (QED) is 0.0261. The Morgan fingerprint density at radius 2 is 0.487 bits per heavy atom. The molecule has 1 atom stereocenters. The van der Waals surface area contributed by atoms with E-state index in [4.69, 9.17) is 14.2 Å². The molecule has 0 saturated heterocycles. The number of allylic oxidation sites excluding steroid dienone is 18. The summed E-state index contributed by atoms with van der Waals surface area (Å²) < 4.78 is 16.9. The normalized spacial score (nSPS) is 12.8. The molecule has 0 aromatic heterocycles. The molecule has 6 nitrogen and oxygen atoms in total. The molecule has 0 spiro atoms. The summed E-state index contributed by atoms with van der Waals surface area (Å²) in [5.74, 6) is -0.895. The van der Waals surface area contributed by atoms with E-state index in [0.717, 1.165) is 128 Å². The summed E-state index contributed by atoms with van der Waals surface area (Å²) >= 11 is 0. The maximum atomic E-state index is 12.9. The Morgan fingerprint density at radius 1 is 0.263 bits per heavy atom. The molecule has 0 saturated carbocycles. The van der Waals surface area contributed by atoms with E-state index in [1.807, 2.05) is 0 Å². The average molecular weight is 1110 g/mol. The summed E-state index contributed by atoms with van der Waals surface area (Å²) in [5, 5.41) is 0. The fourth-order valence-electron chi connectivity index (χ4n) is 9.45. The van der Waals surface area contributed by atoms with Crippen molar-refractivity contribution in [2.45, 2.75) is 329 Å². The first-order valence-corrected chi connectivity index (χ1v) is 33.9. The number of ether oxygens (including phenoxy) is 3. The van der Waals surface area contributed by atoms with Crippen LogP contribution in [-0.4, -0.2) is 37.2 Å². The van der Waals surface area contributed by atoms with E-state index in [-0.39, 0.29) is 31.1 Å². The SMILES string of the molecule is CC/C=C\C/C=C\C/C=C\C/C=C\C/C=C\C/C=C\C/C=C\CCCCCCCC(=O)OCC(COC(=O)CCCCCCCCCCCC)OC(=O)CCCCCCCCCCCCCCC/C=C\C/C=C\CCCCCCC. The second kappa shape index (κ2) is 67.6. The molecule has 80 heavy (non-hydrogen) atoms. The molecule has 0 amide bonds. The molecule has 0 rings (SSSR count). The first-order valence-electron chi connectivity index (χ1n) is 33.9. The van der Waals surface area contributed by atoms with Gasteiger partial charge in [0.2, 0.25) is 0 Å². The van der Waals surface area contributed by atoms with Crippen LogP contribution in [0.4, 0.5) is 0 Å². The molecule has 0 bridgehead atoms. The highest BCUT2D eigenvalue weighted by Gasteiger charge is 2.19. The lowest BCUT2D eigenvalue weighted by Crippen LogP contribution is -2.30. The number of hydrogen-bond acceptors (Lipinski definition) is 6. The molecule has 0 fully saturated rings. The molecule has 0 N–H and O–H groups in total. The molecule has 458 valence electrons. The van der Waals surface area contributed by atoms with Gasteiger partial charge in [0.1, 0.15) is 13.2 Å². The Kier molecular flexibility index (Phi) is 64.3. The van der Waals surface area contributed by atoms with Crippen LogP contribution < -0.4 is 0 Å². The second-order valence-electron chi connectivity index (χ2n) is 22.4. The van der Waals surface area contributed by atoms with Crippen LogP contribution in [-0.2, 0) is 28.6 Å². The van der Waals surface area contributed by atoms with Gasteiger partial charge in [-0.15, -0.1) is 0 Å². The minimum Gasteiger partial charge on any atom is -0.462 e. The maximum Gasteiger partial charge on any atom is 0.306 e. The summed E-state index contributed by atoms with van der Waals surface area (Å²) in [5.41, 5.74) is 0. The topological polar surface area (TPSA) is 78.9 Å². The van der Waals surface area contributed by atoms with Crippen molar-refractivity contribution in [3.05, 3.63) is 109 Å². The summed E-state index contributed by atoms with van der Waals surface area (Å²) in [6.07, 6.45) is 92.5. The standard InChI is InChI=1S/C74H126O6/c1-4-7-10-13-16-19-22-24-26-28-30-32-34-36-37-39-40-42-44-46-48-50-52-55-58-61-64-67-73(76)79-70-71(69-78-72(75)66-63-60-57-54-21-18-15-12-9-6-3)80-74(77)68-65-62-59-56-53-51-49-47-45-43-41-38-35-33-31-29-27-25-23-20-17-14-11-8-5-2/h7,10,16,19,23-26,29-32,36-37,40,42,46,48,71H,4-6,8-9,11-15,17-18,20-22,27-28,33-35,38-39,41,43-45,47,49-70H2,1-3H3/b10-7-,19-16-,25-23-,26-24-,31-29-,32-30-,37-36-,42-40-,48-46-. The average Bonchev–Trinajstić information content (AvgIpc) is 3.46. The van der Waals surface area contributed by atoms with Crippen molar-refractivity contribution in [1.29, 1.82) is 0 Å². The Hall–Kier alpha value is -3.93. The fraction of sp³-hybridized carbons (Fsp3) is 0.716. The van der Waals surface area contributed by atoms with Gasteiger partial charge in [0.05, 0.1) is 0 Å².